The van der Waals surface area contributed by atoms with E-state index in [-0.39, 0.29) is 5.95 Å². The van der Waals surface area contributed by atoms with Crippen LogP contribution in [0.3, 0.4) is 0 Å². The second-order valence-corrected chi connectivity index (χ2v) is 1.87. The van der Waals surface area contributed by atoms with E-state index < -0.39 is 0 Å². The van der Waals surface area contributed by atoms with Gasteiger partial charge in [-0.1, -0.05) is 13.8 Å². The Morgan fingerprint density at radius 2 is 2.08 bits per heavy atom. The molecule has 12 heavy (non-hydrogen) atoms. The number of aromatic nitrogens is 4. The molecule has 0 amide bonds. The number of anilines is 1. The van der Waals surface area contributed by atoms with Gasteiger partial charge in [-0.2, -0.15) is 4.98 Å². The van der Waals surface area contributed by atoms with Crippen molar-refractivity contribution >= 4 is 17.1 Å². The van der Waals surface area contributed by atoms with E-state index >= 15 is 0 Å². The Hall–Kier alpha value is -1.65. The highest BCUT2D eigenvalue weighted by Gasteiger charge is 1.95. The van der Waals surface area contributed by atoms with Crippen LogP contribution in [0.15, 0.2) is 12.5 Å². The third-order valence-corrected chi connectivity index (χ3v) is 1.19. The summed E-state index contributed by atoms with van der Waals surface area (Å²) >= 11 is 0. The average Bonchev–Trinajstić information content (AvgIpc) is 2.54. The van der Waals surface area contributed by atoms with E-state index in [1.807, 2.05) is 13.8 Å². The number of nitrogen functional groups attached to an aromatic ring is 1. The molecule has 0 radical (unpaired) electrons. The molecule has 0 fully saturated rings. The fourth-order valence-corrected chi connectivity index (χ4v) is 0.749. The number of hydrogen-bond donors (Lipinski definition) is 2. The number of nitrogens with two attached hydrogens (primary N) is 1. The molecule has 0 atom stereocenters. The van der Waals surface area contributed by atoms with Gasteiger partial charge < -0.3 is 10.7 Å². The molecule has 2 heterocycles. The Labute approximate surface area is 70.1 Å². The largest absolute Gasteiger partial charge is 0.368 e. The maximum Gasteiger partial charge on any atom is 0.222 e. The predicted molar refractivity (Wildman–Crippen MR) is 47.4 cm³/mol. The molecule has 2 rings (SSSR count). The van der Waals surface area contributed by atoms with E-state index in [1.54, 1.807) is 12.5 Å². The van der Waals surface area contributed by atoms with Gasteiger partial charge in [0.1, 0.15) is 5.52 Å². The molecule has 0 saturated carbocycles. The van der Waals surface area contributed by atoms with Gasteiger partial charge in [-0.25, -0.2) is 9.97 Å². The molecule has 3 N–H and O–H groups in total. The van der Waals surface area contributed by atoms with Gasteiger partial charge in [-0.05, 0) is 0 Å². The zero-order valence-electron chi connectivity index (χ0n) is 7.07. The van der Waals surface area contributed by atoms with E-state index in [1.165, 1.54) is 0 Å². The minimum atomic E-state index is 0.250. The van der Waals surface area contributed by atoms with Gasteiger partial charge in [0.05, 0.1) is 12.5 Å². The Balaban J connectivity index is 0.000000336. The second kappa shape index (κ2) is 3.66. The molecule has 0 aliphatic heterocycles. The fraction of sp³-hybridized carbons (Fsp3) is 0.286. The monoisotopic (exact) mass is 165 g/mol. The van der Waals surface area contributed by atoms with Crippen molar-refractivity contribution in [2.24, 2.45) is 0 Å². The minimum Gasteiger partial charge on any atom is -0.368 e. The van der Waals surface area contributed by atoms with Crippen LogP contribution in [-0.4, -0.2) is 19.9 Å². The van der Waals surface area contributed by atoms with E-state index in [0.717, 1.165) is 5.52 Å². The third kappa shape index (κ3) is 1.50. The van der Waals surface area contributed by atoms with Crippen molar-refractivity contribution in [1.29, 1.82) is 0 Å². The van der Waals surface area contributed by atoms with Crippen LogP contribution < -0.4 is 5.73 Å². The summed E-state index contributed by atoms with van der Waals surface area (Å²) in [5.41, 5.74) is 6.71. The number of hydrogen-bond acceptors (Lipinski definition) is 4. The smallest absolute Gasteiger partial charge is 0.222 e. The van der Waals surface area contributed by atoms with E-state index in [4.69, 9.17) is 5.73 Å². The molecule has 2 aromatic rings. The lowest BCUT2D eigenvalue weighted by Gasteiger charge is -1.87. The Morgan fingerprint density at radius 1 is 1.33 bits per heavy atom. The summed E-state index contributed by atoms with van der Waals surface area (Å²) in [6.45, 7) is 4.00. The quantitative estimate of drug-likeness (QED) is 0.609. The maximum absolute atomic E-state index is 5.31. The standard InChI is InChI=1S/C5H5N5.C2H6/c6-5-7-1-3-4(10-5)9-2-8-3;1-2/h1-2H,(H3,6,7,8,9,10);1-2H3. The Bertz CT molecular complexity index is 353. The summed E-state index contributed by atoms with van der Waals surface area (Å²) < 4.78 is 0. The molecule has 0 bridgehead atoms. The van der Waals surface area contributed by atoms with Crippen molar-refractivity contribution < 1.29 is 0 Å². The zero-order chi connectivity index (χ0) is 8.97. The van der Waals surface area contributed by atoms with Crippen LogP contribution in [0.2, 0.25) is 0 Å². The summed E-state index contributed by atoms with van der Waals surface area (Å²) in [6, 6.07) is 0. The number of nitrogens with one attached hydrogen (secondary N) is 1. The predicted octanol–water partition coefficient (Wildman–Crippen LogP) is 0.961. The molecule has 0 aromatic carbocycles. The molecule has 2 aromatic heterocycles. The fourth-order valence-electron chi connectivity index (χ4n) is 0.749. The minimum absolute atomic E-state index is 0.250. The van der Waals surface area contributed by atoms with Crippen molar-refractivity contribution in [3.05, 3.63) is 12.5 Å². The molecule has 64 valence electrons. The van der Waals surface area contributed by atoms with Crippen LogP contribution in [0.4, 0.5) is 5.95 Å². The van der Waals surface area contributed by atoms with E-state index in [9.17, 15) is 0 Å². The number of fused-ring (bicyclic) bond motifs is 1. The van der Waals surface area contributed by atoms with Crippen LogP contribution >= 0.6 is 0 Å². The van der Waals surface area contributed by atoms with Crippen molar-refractivity contribution in [2.75, 3.05) is 5.73 Å². The third-order valence-electron chi connectivity index (χ3n) is 1.19. The Morgan fingerprint density at radius 3 is 2.83 bits per heavy atom. The van der Waals surface area contributed by atoms with Crippen molar-refractivity contribution in [3.8, 4) is 0 Å². The van der Waals surface area contributed by atoms with Crippen LogP contribution in [0, 0.1) is 0 Å². The van der Waals surface area contributed by atoms with Crippen LogP contribution in [-0.2, 0) is 0 Å². The number of imidazole rings is 1. The first-order chi connectivity index (χ1) is 5.86. The average molecular weight is 165 g/mol. The lowest BCUT2D eigenvalue weighted by molar-refractivity contribution is 1.22. The molecule has 0 saturated heterocycles. The number of H-pyrrole nitrogens is 1. The van der Waals surface area contributed by atoms with Crippen LogP contribution in [0.5, 0.6) is 0 Å². The van der Waals surface area contributed by atoms with Gasteiger partial charge in [-0.15, -0.1) is 0 Å². The van der Waals surface area contributed by atoms with Gasteiger partial charge in [0.15, 0.2) is 5.65 Å². The maximum atomic E-state index is 5.31. The van der Waals surface area contributed by atoms with Gasteiger partial charge >= 0.3 is 0 Å². The van der Waals surface area contributed by atoms with Crippen molar-refractivity contribution in [2.45, 2.75) is 13.8 Å². The molecule has 5 nitrogen and oxygen atoms in total. The highest BCUT2D eigenvalue weighted by molar-refractivity contribution is 5.69. The van der Waals surface area contributed by atoms with Gasteiger partial charge in [0.25, 0.3) is 0 Å². The lowest BCUT2D eigenvalue weighted by Crippen LogP contribution is -1.93. The van der Waals surface area contributed by atoms with Gasteiger partial charge in [-0.3, -0.25) is 0 Å². The lowest BCUT2D eigenvalue weighted by atomic mass is 10.6. The molecule has 0 spiro atoms. The Kier molecular flexibility index (Phi) is 2.57. The second-order valence-electron chi connectivity index (χ2n) is 1.87. The van der Waals surface area contributed by atoms with Crippen LogP contribution in [0.1, 0.15) is 13.8 Å². The van der Waals surface area contributed by atoms with Crippen LogP contribution in [0.25, 0.3) is 11.2 Å². The van der Waals surface area contributed by atoms with E-state index in [2.05, 4.69) is 19.9 Å². The number of rotatable bonds is 0. The molecular weight excluding hydrogens is 154 g/mol. The highest BCUT2D eigenvalue weighted by Crippen LogP contribution is 2.03. The summed E-state index contributed by atoms with van der Waals surface area (Å²) in [7, 11) is 0. The number of aromatic amines is 1. The molecular formula is C7H11N5. The number of nitrogens with zero attached hydrogens (tertiary/aromatic N) is 3. The molecule has 0 aliphatic rings. The van der Waals surface area contributed by atoms with Gasteiger partial charge in [0, 0.05) is 0 Å². The first-order valence-corrected chi connectivity index (χ1v) is 3.78. The summed E-state index contributed by atoms with van der Waals surface area (Å²) in [5.74, 6) is 0.250. The summed E-state index contributed by atoms with van der Waals surface area (Å²) in [5, 5.41) is 0. The first-order valence-electron chi connectivity index (χ1n) is 3.78. The van der Waals surface area contributed by atoms with Crippen molar-refractivity contribution in [1.82, 2.24) is 19.9 Å². The molecule has 0 aliphatic carbocycles. The zero-order valence-corrected chi connectivity index (χ0v) is 7.07. The first kappa shape index (κ1) is 8.45. The topological polar surface area (TPSA) is 80.5 Å². The normalized spacial score (nSPS) is 9.17. The summed E-state index contributed by atoms with van der Waals surface area (Å²) in [6.07, 6.45) is 3.16. The SMILES string of the molecule is CC.Nc1ncc2[nH]cnc2n1. The van der Waals surface area contributed by atoms with E-state index in [0.29, 0.717) is 5.65 Å². The highest BCUT2D eigenvalue weighted by atomic mass is 15.1. The van der Waals surface area contributed by atoms with Gasteiger partial charge in [0.2, 0.25) is 5.95 Å². The summed E-state index contributed by atoms with van der Waals surface area (Å²) in [4.78, 5) is 14.4. The molecule has 0 unspecified atom stereocenters. The molecule has 5 heteroatoms. The van der Waals surface area contributed by atoms with Crippen molar-refractivity contribution in [3.63, 3.8) is 0 Å².